The number of thiocarbonyl (C=S) groups is 1. The van der Waals surface area contributed by atoms with Gasteiger partial charge in [0, 0.05) is 22.1 Å². The molecule has 0 bridgehead atoms. The van der Waals surface area contributed by atoms with Gasteiger partial charge in [0.15, 0.2) is 0 Å². The zero-order chi connectivity index (χ0) is 11.3. The summed E-state index contributed by atoms with van der Waals surface area (Å²) in [6, 6.07) is 7.36. The van der Waals surface area contributed by atoms with Gasteiger partial charge < -0.3 is 11.1 Å². The molecule has 80 valence electrons. The van der Waals surface area contributed by atoms with Crippen LogP contribution in [-0.4, -0.2) is 17.4 Å². The number of nitrogens with two attached hydrogens (primary N) is 1. The van der Waals surface area contributed by atoms with Crippen molar-refractivity contribution in [3.63, 3.8) is 0 Å². The second-order valence-electron chi connectivity index (χ2n) is 2.98. The van der Waals surface area contributed by atoms with E-state index < -0.39 is 0 Å². The summed E-state index contributed by atoms with van der Waals surface area (Å²) in [7, 11) is 0. The van der Waals surface area contributed by atoms with E-state index in [1.165, 1.54) is 0 Å². The Bertz CT molecular complexity index is 364. The van der Waals surface area contributed by atoms with Crippen molar-refractivity contribution >= 4 is 45.7 Å². The van der Waals surface area contributed by atoms with Crippen LogP contribution in [0.1, 0.15) is 16.8 Å². The zero-order valence-corrected chi connectivity index (χ0v) is 11.0. The maximum Gasteiger partial charge on any atom is 0.251 e. The van der Waals surface area contributed by atoms with E-state index in [-0.39, 0.29) is 5.91 Å². The lowest BCUT2D eigenvalue weighted by Gasteiger charge is -2.04. The molecule has 3 N–H and O–H groups in total. The fraction of sp³-hybridized carbons (Fsp3) is 0.200. The van der Waals surface area contributed by atoms with Crippen molar-refractivity contribution in [1.29, 1.82) is 0 Å². The highest BCUT2D eigenvalue weighted by atomic mass is 127. The number of hydrogen-bond acceptors (Lipinski definition) is 2. The molecule has 1 rings (SSSR count). The molecule has 0 heterocycles. The number of nitrogens with one attached hydrogen (secondary N) is 1. The van der Waals surface area contributed by atoms with E-state index in [0.29, 0.717) is 23.5 Å². The predicted molar refractivity (Wildman–Crippen MR) is 72.9 cm³/mol. The Hall–Kier alpha value is -0.690. The van der Waals surface area contributed by atoms with E-state index in [2.05, 4.69) is 27.9 Å². The van der Waals surface area contributed by atoms with Gasteiger partial charge in [0.2, 0.25) is 0 Å². The number of carbonyl (C=O) groups is 1. The van der Waals surface area contributed by atoms with Gasteiger partial charge in [-0.3, -0.25) is 4.79 Å². The maximum atomic E-state index is 11.5. The summed E-state index contributed by atoms with van der Waals surface area (Å²) in [5.41, 5.74) is 5.97. The van der Waals surface area contributed by atoms with Crippen LogP contribution in [0.4, 0.5) is 0 Å². The van der Waals surface area contributed by atoms with Crippen LogP contribution in [-0.2, 0) is 0 Å². The molecule has 15 heavy (non-hydrogen) atoms. The number of rotatable bonds is 4. The van der Waals surface area contributed by atoms with Gasteiger partial charge in [-0.1, -0.05) is 12.2 Å². The Kier molecular flexibility index (Phi) is 4.97. The summed E-state index contributed by atoms with van der Waals surface area (Å²) >= 11 is 6.90. The molecule has 1 aromatic rings. The summed E-state index contributed by atoms with van der Waals surface area (Å²) in [6.07, 6.45) is 0.533. The first kappa shape index (κ1) is 12.4. The number of amides is 1. The average Bonchev–Trinajstić information content (AvgIpc) is 2.18. The molecule has 0 spiro atoms. The molecule has 0 aromatic heterocycles. The summed E-state index contributed by atoms with van der Waals surface area (Å²) in [6.45, 7) is 0.486. The summed E-state index contributed by atoms with van der Waals surface area (Å²) in [4.78, 5) is 12.0. The Balaban J connectivity index is 2.47. The van der Waals surface area contributed by atoms with Gasteiger partial charge in [0.1, 0.15) is 0 Å². The fourth-order valence-corrected chi connectivity index (χ4v) is 1.46. The van der Waals surface area contributed by atoms with Gasteiger partial charge in [-0.05, 0) is 46.9 Å². The van der Waals surface area contributed by atoms with Gasteiger partial charge >= 0.3 is 0 Å². The predicted octanol–water partition coefficient (Wildman–Crippen LogP) is 1.70. The third-order valence-corrected chi connectivity index (χ3v) is 2.69. The second-order valence-corrected chi connectivity index (χ2v) is 4.75. The maximum absolute atomic E-state index is 11.5. The standard InChI is InChI=1S/C10H11IN2OS/c11-8-3-1-7(2-4-8)10(14)13-6-5-9(12)15/h1-4H,5-6H2,(H2,12,15)(H,13,14). The average molecular weight is 334 g/mol. The van der Waals surface area contributed by atoms with E-state index in [1.54, 1.807) is 12.1 Å². The Labute approximate surface area is 108 Å². The third kappa shape index (κ3) is 4.57. The second kappa shape index (κ2) is 6.02. The number of carbonyl (C=O) groups excluding carboxylic acids is 1. The van der Waals surface area contributed by atoms with Crippen molar-refractivity contribution in [3.05, 3.63) is 33.4 Å². The molecule has 0 aliphatic carbocycles. The van der Waals surface area contributed by atoms with Crippen molar-refractivity contribution in [3.8, 4) is 0 Å². The lowest BCUT2D eigenvalue weighted by atomic mass is 10.2. The van der Waals surface area contributed by atoms with E-state index in [1.807, 2.05) is 12.1 Å². The van der Waals surface area contributed by atoms with E-state index >= 15 is 0 Å². The van der Waals surface area contributed by atoms with Gasteiger partial charge in [0.25, 0.3) is 5.91 Å². The van der Waals surface area contributed by atoms with Crippen molar-refractivity contribution < 1.29 is 4.79 Å². The molecule has 3 nitrogen and oxygen atoms in total. The molecule has 0 saturated carbocycles. The topological polar surface area (TPSA) is 55.1 Å². The zero-order valence-electron chi connectivity index (χ0n) is 8.00. The van der Waals surface area contributed by atoms with Crippen LogP contribution in [0, 0.1) is 3.57 Å². The minimum atomic E-state index is -0.0948. The lowest BCUT2D eigenvalue weighted by Crippen LogP contribution is -2.27. The lowest BCUT2D eigenvalue weighted by molar-refractivity contribution is 0.0955. The van der Waals surface area contributed by atoms with Crippen molar-refractivity contribution in [2.24, 2.45) is 5.73 Å². The van der Waals surface area contributed by atoms with Gasteiger partial charge in [-0.2, -0.15) is 0 Å². The molecule has 0 radical (unpaired) electrons. The van der Waals surface area contributed by atoms with Gasteiger partial charge in [-0.25, -0.2) is 0 Å². The van der Waals surface area contributed by atoms with E-state index in [4.69, 9.17) is 18.0 Å². The quantitative estimate of drug-likeness (QED) is 0.651. The summed E-state index contributed by atoms with van der Waals surface area (Å²) in [5.74, 6) is -0.0948. The molecule has 0 fully saturated rings. The summed E-state index contributed by atoms with van der Waals surface area (Å²) < 4.78 is 1.10. The molecule has 5 heteroatoms. The van der Waals surface area contributed by atoms with Crippen LogP contribution in [0.3, 0.4) is 0 Å². The van der Waals surface area contributed by atoms with Crippen molar-refractivity contribution in [1.82, 2.24) is 5.32 Å². The van der Waals surface area contributed by atoms with Crippen LogP contribution in [0.25, 0.3) is 0 Å². The highest BCUT2D eigenvalue weighted by molar-refractivity contribution is 14.1. The summed E-state index contributed by atoms with van der Waals surface area (Å²) in [5, 5.41) is 2.74. The van der Waals surface area contributed by atoms with E-state index in [0.717, 1.165) is 3.57 Å². The van der Waals surface area contributed by atoms with Crippen LogP contribution in [0.5, 0.6) is 0 Å². The largest absolute Gasteiger partial charge is 0.393 e. The normalized spacial score (nSPS) is 9.67. The monoisotopic (exact) mass is 334 g/mol. The molecular weight excluding hydrogens is 323 g/mol. The Morgan fingerprint density at radius 1 is 1.40 bits per heavy atom. The number of hydrogen-bond donors (Lipinski definition) is 2. The molecule has 0 aliphatic rings. The molecule has 0 aliphatic heterocycles. The first-order chi connectivity index (χ1) is 7.09. The smallest absolute Gasteiger partial charge is 0.251 e. The van der Waals surface area contributed by atoms with Crippen molar-refractivity contribution in [2.75, 3.05) is 6.54 Å². The van der Waals surface area contributed by atoms with Crippen LogP contribution >= 0.6 is 34.8 Å². The highest BCUT2D eigenvalue weighted by Gasteiger charge is 2.03. The minimum absolute atomic E-state index is 0.0948. The minimum Gasteiger partial charge on any atom is -0.393 e. The third-order valence-electron chi connectivity index (χ3n) is 1.76. The Morgan fingerprint density at radius 3 is 2.53 bits per heavy atom. The van der Waals surface area contributed by atoms with Crippen molar-refractivity contribution in [2.45, 2.75) is 6.42 Å². The number of halogens is 1. The molecular formula is C10H11IN2OS. The molecule has 0 atom stereocenters. The van der Waals surface area contributed by atoms with E-state index in [9.17, 15) is 4.79 Å². The van der Waals surface area contributed by atoms with Gasteiger partial charge in [-0.15, -0.1) is 0 Å². The first-order valence-electron chi connectivity index (χ1n) is 4.41. The highest BCUT2D eigenvalue weighted by Crippen LogP contribution is 2.06. The molecule has 0 unspecified atom stereocenters. The fourth-order valence-electron chi connectivity index (χ4n) is 1.00. The SMILES string of the molecule is NC(=S)CCNC(=O)c1ccc(I)cc1. The number of benzene rings is 1. The van der Waals surface area contributed by atoms with Crippen LogP contribution < -0.4 is 11.1 Å². The molecule has 1 amide bonds. The molecule has 0 saturated heterocycles. The van der Waals surface area contributed by atoms with Crippen LogP contribution in [0.2, 0.25) is 0 Å². The van der Waals surface area contributed by atoms with Crippen LogP contribution in [0.15, 0.2) is 24.3 Å². The first-order valence-corrected chi connectivity index (χ1v) is 5.90. The van der Waals surface area contributed by atoms with Gasteiger partial charge in [0.05, 0.1) is 4.99 Å². The Morgan fingerprint density at radius 2 is 2.00 bits per heavy atom. The molecule has 1 aromatic carbocycles.